The molecule has 1 aromatic rings. The summed E-state index contributed by atoms with van der Waals surface area (Å²) in [5.74, 6) is 1.30. The summed E-state index contributed by atoms with van der Waals surface area (Å²) in [6.07, 6.45) is 11.2. The van der Waals surface area contributed by atoms with Crippen molar-refractivity contribution in [3.63, 3.8) is 0 Å². The van der Waals surface area contributed by atoms with Crippen molar-refractivity contribution in [2.75, 3.05) is 6.61 Å². The molecule has 0 saturated heterocycles. The second kappa shape index (κ2) is 8.71. The molecule has 26 heavy (non-hydrogen) atoms. The maximum Gasteiger partial charge on any atom is 0.200 e. The molecular weight excluding hydrogens is 330 g/mol. The standard InChI is InChI=1S/C23H34F2O/c1-4-16-6-8-17(9-7-16)18-10-12-19(13-11-18)21-15(3)14-20(26-5-2)22(24)23(21)25/h14,16-19H,4-13H2,1-3H3. The van der Waals surface area contributed by atoms with Crippen molar-refractivity contribution in [3.05, 3.63) is 28.8 Å². The molecule has 2 saturated carbocycles. The van der Waals surface area contributed by atoms with Crippen LogP contribution in [0.1, 0.15) is 88.7 Å². The van der Waals surface area contributed by atoms with Gasteiger partial charge in [-0.3, -0.25) is 0 Å². The third kappa shape index (κ3) is 4.07. The van der Waals surface area contributed by atoms with Crippen LogP contribution in [0.5, 0.6) is 5.75 Å². The zero-order chi connectivity index (χ0) is 18.7. The number of ether oxygens (including phenoxy) is 1. The van der Waals surface area contributed by atoms with Crippen LogP contribution in [-0.4, -0.2) is 6.61 Å². The van der Waals surface area contributed by atoms with Crippen molar-refractivity contribution in [3.8, 4) is 5.75 Å². The molecule has 2 aliphatic carbocycles. The summed E-state index contributed by atoms with van der Waals surface area (Å²) < 4.78 is 34.3. The third-order valence-electron chi connectivity index (χ3n) is 7.03. The lowest BCUT2D eigenvalue weighted by atomic mass is 9.68. The first-order chi connectivity index (χ1) is 12.5. The van der Waals surface area contributed by atoms with E-state index in [1.54, 1.807) is 13.0 Å². The maximum absolute atomic E-state index is 14.7. The zero-order valence-electron chi connectivity index (χ0n) is 16.6. The van der Waals surface area contributed by atoms with E-state index < -0.39 is 11.6 Å². The fourth-order valence-electron chi connectivity index (χ4n) is 5.45. The highest BCUT2D eigenvalue weighted by atomic mass is 19.2. The summed E-state index contributed by atoms with van der Waals surface area (Å²) in [7, 11) is 0. The smallest absolute Gasteiger partial charge is 0.200 e. The molecular formula is C23H34F2O. The molecule has 0 heterocycles. The quantitative estimate of drug-likeness (QED) is 0.538. The van der Waals surface area contributed by atoms with Crippen LogP contribution in [0, 0.1) is 36.3 Å². The average molecular weight is 365 g/mol. The van der Waals surface area contributed by atoms with E-state index in [9.17, 15) is 8.78 Å². The molecule has 0 radical (unpaired) electrons. The highest BCUT2D eigenvalue weighted by Gasteiger charge is 2.33. The van der Waals surface area contributed by atoms with Crippen molar-refractivity contribution < 1.29 is 13.5 Å². The second-order valence-corrected chi connectivity index (χ2v) is 8.47. The van der Waals surface area contributed by atoms with E-state index in [0.29, 0.717) is 12.2 Å². The van der Waals surface area contributed by atoms with Gasteiger partial charge in [-0.2, -0.15) is 4.39 Å². The molecule has 0 aromatic heterocycles. The molecule has 3 heteroatoms. The van der Waals surface area contributed by atoms with Crippen LogP contribution in [0.2, 0.25) is 0 Å². The monoisotopic (exact) mass is 364 g/mol. The highest BCUT2D eigenvalue weighted by molar-refractivity contribution is 5.40. The molecule has 146 valence electrons. The lowest BCUT2D eigenvalue weighted by Gasteiger charge is -2.38. The zero-order valence-corrected chi connectivity index (χ0v) is 16.6. The Morgan fingerprint density at radius 1 is 0.885 bits per heavy atom. The van der Waals surface area contributed by atoms with Gasteiger partial charge in [-0.1, -0.05) is 26.2 Å². The lowest BCUT2D eigenvalue weighted by Crippen LogP contribution is -2.25. The van der Waals surface area contributed by atoms with Crippen LogP contribution in [0.3, 0.4) is 0 Å². The summed E-state index contributed by atoms with van der Waals surface area (Å²) in [6, 6.07) is 1.68. The van der Waals surface area contributed by atoms with Gasteiger partial charge >= 0.3 is 0 Å². The van der Waals surface area contributed by atoms with Crippen LogP contribution in [0.15, 0.2) is 6.07 Å². The number of halogens is 2. The predicted octanol–water partition coefficient (Wildman–Crippen LogP) is 7.16. The number of benzene rings is 1. The van der Waals surface area contributed by atoms with E-state index in [-0.39, 0.29) is 11.7 Å². The first-order valence-electron chi connectivity index (χ1n) is 10.7. The van der Waals surface area contributed by atoms with E-state index >= 15 is 0 Å². The van der Waals surface area contributed by atoms with Gasteiger partial charge in [0.1, 0.15) is 0 Å². The summed E-state index contributed by atoms with van der Waals surface area (Å²) in [6.45, 7) is 6.33. The van der Waals surface area contributed by atoms with Gasteiger partial charge < -0.3 is 4.74 Å². The average Bonchev–Trinajstić information content (AvgIpc) is 2.67. The largest absolute Gasteiger partial charge is 0.491 e. The lowest BCUT2D eigenvalue weighted by molar-refractivity contribution is 0.157. The molecule has 1 aromatic carbocycles. The summed E-state index contributed by atoms with van der Waals surface area (Å²) in [5, 5.41) is 0. The summed E-state index contributed by atoms with van der Waals surface area (Å²) in [4.78, 5) is 0. The molecule has 0 unspecified atom stereocenters. The normalized spacial score (nSPS) is 29.6. The number of aryl methyl sites for hydroxylation is 1. The first-order valence-corrected chi connectivity index (χ1v) is 10.7. The van der Waals surface area contributed by atoms with Gasteiger partial charge in [0.25, 0.3) is 0 Å². The Bertz CT molecular complexity index is 597. The molecule has 2 aliphatic rings. The Balaban J connectivity index is 1.64. The van der Waals surface area contributed by atoms with Crippen LogP contribution in [0.25, 0.3) is 0 Å². The number of hydrogen-bond donors (Lipinski definition) is 0. The first kappa shape index (κ1) is 19.6. The van der Waals surface area contributed by atoms with E-state index in [2.05, 4.69) is 6.92 Å². The van der Waals surface area contributed by atoms with Crippen molar-refractivity contribution in [2.24, 2.45) is 17.8 Å². The van der Waals surface area contributed by atoms with Crippen molar-refractivity contribution >= 4 is 0 Å². The molecule has 0 N–H and O–H groups in total. The fraction of sp³-hybridized carbons (Fsp3) is 0.739. The molecule has 0 atom stereocenters. The Morgan fingerprint density at radius 2 is 1.46 bits per heavy atom. The Kier molecular flexibility index (Phi) is 6.58. The van der Waals surface area contributed by atoms with Crippen LogP contribution in [-0.2, 0) is 0 Å². The minimum absolute atomic E-state index is 0.0487. The molecule has 0 aliphatic heterocycles. The van der Waals surface area contributed by atoms with Gasteiger partial charge in [0.2, 0.25) is 5.82 Å². The maximum atomic E-state index is 14.7. The molecule has 0 spiro atoms. The van der Waals surface area contributed by atoms with Gasteiger partial charge in [-0.25, -0.2) is 4.39 Å². The van der Waals surface area contributed by atoms with E-state index in [1.807, 2.05) is 6.92 Å². The molecule has 3 rings (SSSR count). The Morgan fingerprint density at radius 3 is 2.00 bits per heavy atom. The van der Waals surface area contributed by atoms with Crippen LogP contribution < -0.4 is 4.74 Å². The highest BCUT2D eigenvalue weighted by Crippen LogP contribution is 2.46. The number of rotatable bonds is 5. The summed E-state index contributed by atoms with van der Waals surface area (Å²) in [5.41, 5.74) is 1.43. The van der Waals surface area contributed by atoms with Crippen molar-refractivity contribution in [2.45, 2.75) is 84.5 Å². The SMILES string of the molecule is CCOc1cc(C)c(C2CCC(C3CCC(CC)CC3)CC2)c(F)c1F. The molecule has 0 bridgehead atoms. The minimum atomic E-state index is -0.813. The van der Waals surface area contributed by atoms with Crippen molar-refractivity contribution in [1.82, 2.24) is 0 Å². The van der Waals surface area contributed by atoms with Gasteiger partial charge in [0.05, 0.1) is 6.61 Å². The Labute approximate surface area is 157 Å². The third-order valence-corrected chi connectivity index (χ3v) is 7.03. The van der Waals surface area contributed by atoms with E-state index in [4.69, 9.17) is 4.74 Å². The Hall–Kier alpha value is -1.12. The van der Waals surface area contributed by atoms with Gasteiger partial charge in [-0.15, -0.1) is 0 Å². The van der Waals surface area contributed by atoms with Crippen LogP contribution >= 0.6 is 0 Å². The van der Waals surface area contributed by atoms with E-state index in [0.717, 1.165) is 36.2 Å². The minimum Gasteiger partial charge on any atom is -0.491 e. The molecule has 2 fully saturated rings. The second-order valence-electron chi connectivity index (χ2n) is 8.47. The van der Waals surface area contributed by atoms with Gasteiger partial charge in [0, 0.05) is 0 Å². The van der Waals surface area contributed by atoms with Gasteiger partial charge in [0.15, 0.2) is 11.6 Å². The molecule has 1 nitrogen and oxygen atoms in total. The van der Waals surface area contributed by atoms with Crippen LogP contribution in [0.4, 0.5) is 8.78 Å². The molecule has 0 amide bonds. The summed E-state index contributed by atoms with van der Waals surface area (Å²) >= 11 is 0. The van der Waals surface area contributed by atoms with Crippen molar-refractivity contribution in [1.29, 1.82) is 0 Å². The van der Waals surface area contributed by atoms with Gasteiger partial charge in [-0.05, 0) is 93.2 Å². The van der Waals surface area contributed by atoms with E-state index in [1.165, 1.54) is 44.9 Å². The number of hydrogen-bond acceptors (Lipinski definition) is 1. The fourth-order valence-corrected chi connectivity index (χ4v) is 5.45. The predicted molar refractivity (Wildman–Crippen MR) is 103 cm³/mol. The topological polar surface area (TPSA) is 9.23 Å².